The lowest BCUT2D eigenvalue weighted by atomic mass is 10.1. The van der Waals surface area contributed by atoms with E-state index in [1.165, 1.54) is 12.2 Å². The standard InChI is InChI=1S/C21H21Cl2F2N5O3/c1-13-5-6-15(22)8-14(13)9-26-18(31)11-29-17(23)10-27-19(20(29)32)28-12-21(24,25)16-4-2-3-7-30(16)33/h2-8,10,16,33H,9,11-12H2,1H3,(H,26,31)(H,27,28). The number of carbonyl (C=O) groups excluding carboxylic acids is 1. The molecule has 0 saturated carbocycles. The molecule has 3 N–H and O–H groups in total. The molecule has 0 spiro atoms. The van der Waals surface area contributed by atoms with Crippen molar-refractivity contribution in [3.05, 3.63) is 80.5 Å². The van der Waals surface area contributed by atoms with Crippen LogP contribution in [0.4, 0.5) is 14.6 Å². The largest absolute Gasteiger partial charge is 0.359 e. The van der Waals surface area contributed by atoms with Gasteiger partial charge in [-0.05, 0) is 36.3 Å². The molecule has 1 atom stereocenters. The van der Waals surface area contributed by atoms with Crippen molar-refractivity contribution in [3.63, 3.8) is 0 Å². The zero-order valence-corrected chi connectivity index (χ0v) is 18.9. The van der Waals surface area contributed by atoms with Gasteiger partial charge in [0.1, 0.15) is 17.7 Å². The first-order valence-corrected chi connectivity index (χ1v) is 10.5. The molecule has 0 saturated heterocycles. The summed E-state index contributed by atoms with van der Waals surface area (Å²) in [5.74, 6) is -4.37. The number of nitrogens with zero attached hydrogens (tertiary/aromatic N) is 3. The van der Waals surface area contributed by atoms with Crippen molar-refractivity contribution in [2.75, 3.05) is 11.9 Å². The molecule has 1 amide bonds. The summed E-state index contributed by atoms with van der Waals surface area (Å²) < 4.78 is 29.9. The second-order valence-electron chi connectivity index (χ2n) is 7.33. The molecule has 0 fully saturated rings. The Morgan fingerprint density at radius 1 is 1.30 bits per heavy atom. The number of hydrogen-bond donors (Lipinski definition) is 3. The predicted octanol–water partition coefficient (Wildman–Crippen LogP) is 3.37. The minimum atomic E-state index is -3.44. The summed E-state index contributed by atoms with van der Waals surface area (Å²) in [6, 6.07) is 3.65. The van der Waals surface area contributed by atoms with Gasteiger partial charge in [0.05, 0.1) is 12.7 Å². The van der Waals surface area contributed by atoms with E-state index in [1.54, 1.807) is 12.1 Å². The van der Waals surface area contributed by atoms with E-state index >= 15 is 0 Å². The molecule has 0 aliphatic carbocycles. The molecule has 0 bridgehead atoms. The third-order valence-electron chi connectivity index (χ3n) is 4.95. The fourth-order valence-electron chi connectivity index (χ4n) is 3.09. The highest BCUT2D eigenvalue weighted by Crippen LogP contribution is 2.26. The number of alkyl halides is 2. The summed E-state index contributed by atoms with van der Waals surface area (Å²) >= 11 is 12.0. The maximum Gasteiger partial charge on any atom is 0.294 e. The van der Waals surface area contributed by atoms with E-state index in [1.807, 2.05) is 13.0 Å². The first kappa shape index (κ1) is 24.7. The van der Waals surface area contributed by atoms with Gasteiger partial charge in [-0.15, -0.1) is 0 Å². The third kappa shape index (κ3) is 6.10. The van der Waals surface area contributed by atoms with Crippen LogP contribution >= 0.6 is 23.2 Å². The molecule has 2 heterocycles. The van der Waals surface area contributed by atoms with Crippen molar-refractivity contribution >= 4 is 34.9 Å². The number of aromatic nitrogens is 2. The Balaban J connectivity index is 1.67. The quantitative estimate of drug-likeness (QED) is 0.514. The zero-order valence-electron chi connectivity index (χ0n) is 17.4. The lowest BCUT2D eigenvalue weighted by Gasteiger charge is -2.31. The van der Waals surface area contributed by atoms with Crippen LogP contribution in [0.25, 0.3) is 0 Å². The van der Waals surface area contributed by atoms with Gasteiger partial charge in [-0.25, -0.2) is 13.8 Å². The van der Waals surface area contributed by atoms with E-state index in [2.05, 4.69) is 15.6 Å². The van der Waals surface area contributed by atoms with E-state index in [0.717, 1.165) is 34.2 Å². The van der Waals surface area contributed by atoms with Crippen LogP contribution in [0, 0.1) is 6.92 Å². The Morgan fingerprint density at radius 3 is 2.79 bits per heavy atom. The molecule has 33 heavy (non-hydrogen) atoms. The SMILES string of the molecule is Cc1ccc(Cl)cc1CNC(=O)Cn1c(Cl)cnc(NCC(F)(F)C2C=CC=CN2O)c1=O. The number of amides is 1. The summed E-state index contributed by atoms with van der Waals surface area (Å²) in [7, 11) is 0. The Labute approximate surface area is 198 Å². The summed E-state index contributed by atoms with van der Waals surface area (Å²) in [5, 5.41) is 15.4. The Hall–Kier alpha value is -2.95. The molecule has 8 nitrogen and oxygen atoms in total. The van der Waals surface area contributed by atoms with E-state index in [0.29, 0.717) is 10.1 Å². The molecule has 1 aromatic heterocycles. The smallest absolute Gasteiger partial charge is 0.294 e. The van der Waals surface area contributed by atoms with Gasteiger partial charge in [0.2, 0.25) is 5.91 Å². The van der Waals surface area contributed by atoms with Gasteiger partial charge in [-0.3, -0.25) is 24.4 Å². The van der Waals surface area contributed by atoms with Crippen LogP contribution in [0.15, 0.2) is 53.6 Å². The number of carbonyl (C=O) groups is 1. The van der Waals surface area contributed by atoms with E-state index in [4.69, 9.17) is 23.2 Å². The van der Waals surface area contributed by atoms with Crippen molar-refractivity contribution < 1.29 is 18.8 Å². The predicted molar refractivity (Wildman–Crippen MR) is 121 cm³/mol. The summed E-state index contributed by atoms with van der Waals surface area (Å²) in [5.41, 5.74) is 0.890. The Morgan fingerprint density at radius 2 is 2.06 bits per heavy atom. The normalized spacial score (nSPS) is 15.6. The van der Waals surface area contributed by atoms with Crippen molar-refractivity contribution in [1.82, 2.24) is 19.9 Å². The number of hydrogen-bond acceptors (Lipinski definition) is 6. The molecular formula is C21H21Cl2F2N5O3. The zero-order chi connectivity index (χ0) is 24.2. The Bertz CT molecular complexity index is 1150. The Kier molecular flexibility index (Phi) is 7.72. The number of halogens is 4. The average Bonchev–Trinajstić information content (AvgIpc) is 2.77. The number of aryl methyl sites for hydroxylation is 1. The van der Waals surface area contributed by atoms with Crippen molar-refractivity contribution in [2.24, 2.45) is 0 Å². The molecule has 2 aromatic rings. The third-order valence-corrected chi connectivity index (χ3v) is 5.48. The van der Waals surface area contributed by atoms with E-state index in [9.17, 15) is 23.6 Å². The van der Waals surface area contributed by atoms with Gasteiger partial charge in [0.25, 0.3) is 11.5 Å². The topological polar surface area (TPSA) is 99.5 Å². The summed E-state index contributed by atoms with van der Waals surface area (Å²) in [4.78, 5) is 28.8. The lowest BCUT2D eigenvalue weighted by Crippen LogP contribution is -2.48. The first-order valence-electron chi connectivity index (χ1n) is 9.79. The molecule has 0 radical (unpaired) electrons. The number of anilines is 1. The number of rotatable bonds is 8. The fourth-order valence-corrected chi connectivity index (χ4v) is 3.47. The van der Waals surface area contributed by atoms with Crippen LogP contribution < -0.4 is 16.2 Å². The lowest BCUT2D eigenvalue weighted by molar-refractivity contribution is -0.149. The molecule has 1 aromatic carbocycles. The summed E-state index contributed by atoms with van der Waals surface area (Å²) in [6.45, 7) is 0.620. The van der Waals surface area contributed by atoms with Gasteiger partial charge in [-0.1, -0.05) is 41.4 Å². The van der Waals surface area contributed by atoms with Crippen LogP contribution in [0.5, 0.6) is 0 Å². The average molecular weight is 500 g/mol. The monoisotopic (exact) mass is 499 g/mol. The van der Waals surface area contributed by atoms with Crippen LogP contribution in [0.3, 0.4) is 0 Å². The number of hydroxylamine groups is 2. The minimum Gasteiger partial charge on any atom is -0.359 e. The number of benzene rings is 1. The fraction of sp³-hybridized carbons (Fsp3) is 0.286. The van der Waals surface area contributed by atoms with Gasteiger partial charge in [0.15, 0.2) is 5.82 Å². The molecule has 176 valence electrons. The minimum absolute atomic E-state index is 0.131. The molecule has 1 unspecified atom stereocenters. The van der Waals surface area contributed by atoms with Gasteiger partial charge in [0, 0.05) is 17.8 Å². The molecular weight excluding hydrogens is 479 g/mol. The highest BCUT2D eigenvalue weighted by atomic mass is 35.5. The maximum absolute atomic E-state index is 14.5. The van der Waals surface area contributed by atoms with Crippen molar-refractivity contribution in [2.45, 2.75) is 32.0 Å². The van der Waals surface area contributed by atoms with Crippen LogP contribution in [0.1, 0.15) is 11.1 Å². The van der Waals surface area contributed by atoms with Gasteiger partial charge >= 0.3 is 0 Å². The maximum atomic E-state index is 14.5. The number of allylic oxidation sites excluding steroid dienone is 2. The van der Waals surface area contributed by atoms with E-state index in [-0.39, 0.29) is 11.7 Å². The van der Waals surface area contributed by atoms with Crippen LogP contribution in [-0.4, -0.2) is 44.2 Å². The van der Waals surface area contributed by atoms with Crippen molar-refractivity contribution in [3.8, 4) is 0 Å². The summed E-state index contributed by atoms with van der Waals surface area (Å²) in [6.07, 6.45) is 6.08. The van der Waals surface area contributed by atoms with Gasteiger partial charge < -0.3 is 10.6 Å². The van der Waals surface area contributed by atoms with Crippen molar-refractivity contribution in [1.29, 1.82) is 0 Å². The molecule has 1 aliphatic heterocycles. The first-order chi connectivity index (χ1) is 15.6. The van der Waals surface area contributed by atoms with Crippen LogP contribution in [-0.2, 0) is 17.9 Å². The molecule has 3 rings (SSSR count). The highest BCUT2D eigenvalue weighted by molar-refractivity contribution is 6.30. The highest BCUT2D eigenvalue weighted by Gasteiger charge is 2.41. The molecule has 12 heteroatoms. The van der Waals surface area contributed by atoms with E-state index < -0.39 is 42.3 Å². The molecule has 1 aliphatic rings. The number of nitrogens with one attached hydrogen (secondary N) is 2. The van der Waals surface area contributed by atoms with Crippen LogP contribution in [0.2, 0.25) is 10.2 Å². The second kappa shape index (κ2) is 10.3. The second-order valence-corrected chi connectivity index (χ2v) is 8.16. The van der Waals surface area contributed by atoms with Gasteiger partial charge in [-0.2, -0.15) is 0 Å².